The van der Waals surface area contributed by atoms with Gasteiger partial charge in [0.15, 0.2) is 6.61 Å². The van der Waals surface area contributed by atoms with Crippen molar-refractivity contribution in [1.82, 2.24) is 5.32 Å². The van der Waals surface area contributed by atoms with Crippen molar-refractivity contribution in [3.05, 3.63) is 24.3 Å². The molecule has 0 fully saturated rings. The summed E-state index contributed by atoms with van der Waals surface area (Å²) in [6.07, 6.45) is 7.77. The lowest BCUT2D eigenvalue weighted by Crippen LogP contribution is -2.24. The molecule has 0 bridgehead atoms. The molecule has 0 aliphatic heterocycles. The van der Waals surface area contributed by atoms with Crippen LogP contribution in [0.4, 0.5) is 5.69 Å². The van der Waals surface area contributed by atoms with Crippen LogP contribution in [0.5, 0.6) is 5.75 Å². The average Bonchev–Trinajstić information content (AvgIpc) is 2.52. The molecule has 21 heavy (non-hydrogen) atoms. The van der Waals surface area contributed by atoms with Gasteiger partial charge in [0.1, 0.15) is 5.75 Å². The molecule has 118 valence electrons. The monoisotopic (exact) mass is 292 g/mol. The van der Waals surface area contributed by atoms with E-state index in [9.17, 15) is 4.79 Å². The minimum atomic E-state index is -0.125. The number of anilines is 1. The highest BCUT2D eigenvalue weighted by molar-refractivity contribution is 5.77. The number of amides is 1. The van der Waals surface area contributed by atoms with Crippen molar-refractivity contribution in [3.8, 4) is 5.75 Å². The Morgan fingerprint density at radius 2 is 1.90 bits per heavy atom. The van der Waals surface area contributed by atoms with Crippen LogP contribution in [0.1, 0.15) is 45.4 Å². The normalized spacial score (nSPS) is 10.2. The molecule has 2 N–H and O–H groups in total. The fourth-order valence-corrected chi connectivity index (χ4v) is 2.05. The number of rotatable bonds is 11. The van der Waals surface area contributed by atoms with Crippen molar-refractivity contribution in [2.45, 2.75) is 45.4 Å². The van der Waals surface area contributed by atoms with Crippen LogP contribution in [0.3, 0.4) is 0 Å². The zero-order valence-corrected chi connectivity index (χ0v) is 13.3. The van der Waals surface area contributed by atoms with Gasteiger partial charge in [0.05, 0.1) is 0 Å². The van der Waals surface area contributed by atoms with E-state index in [1.54, 1.807) is 7.05 Å². The summed E-state index contributed by atoms with van der Waals surface area (Å²) in [5, 5.41) is 5.93. The summed E-state index contributed by atoms with van der Waals surface area (Å²) in [5.74, 6) is 0.590. The molecule has 0 radical (unpaired) electrons. The van der Waals surface area contributed by atoms with Crippen LogP contribution in [-0.4, -0.2) is 26.1 Å². The lowest BCUT2D eigenvalue weighted by atomic mass is 10.1. The predicted molar refractivity (Wildman–Crippen MR) is 87.9 cm³/mol. The summed E-state index contributed by atoms with van der Waals surface area (Å²) in [6.45, 7) is 3.27. The first-order valence-electron chi connectivity index (χ1n) is 7.93. The molecule has 0 saturated carbocycles. The minimum absolute atomic E-state index is 0.0530. The zero-order valence-electron chi connectivity index (χ0n) is 13.3. The van der Waals surface area contributed by atoms with Crippen molar-refractivity contribution >= 4 is 11.6 Å². The van der Waals surface area contributed by atoms with E-state index in [1.807, 2.05) is 24.3 Å². The van der Waals surface area contributed by atoms with Crippen molar-refractivity contribution in [3.63, 3.8) is 0 Å². The van der Waals surface area contributed by atoms with E-state index in [1.165, 1.54) is 38.5 Å². The highest BCUT2D eigenvalue weighted by Crippen LogP contribution is 2.17. The number of hydrogen-bond donors (Lipinski definition) is 2. The van der Waals surface area contributed by atoms with E-state index in [-0.39, 0.29) is 12.5 Å². The molecule has 1 amide bonds. The standard InChI is InChI=1S/C17H28N2O2/c1-3-4-5-6-7-8-12-19-15-10-9-11-16(13-15)21-14-17(20)18-2/h9-11,13,19H,3-8,12,14H2,1-2H3,(H,18,20). The fourth-order valence-electron chi connectivity index (χ4n) is 2.05. The molecule has 0 atom stereocenters. The molecule has 0 saturated heterocycles. The van der Waals surface area contributed by atoms with Crippen molar-refractivity contribution in [1.29, 1.82) is 0 Å². The van der Waals surface area contributed by atoms with Gasteiger partial charge in [-0.3, -0.25) is 4.79 Å². The summed E-state index contributed by atoms with van der Waals surface area (Å²) >= 11 is 0. The first-order valence-corrected chi connectivity index (χ1v) is 7.93. The Bertz CT molecular complexity index is 408. The van der Waals surface area contributed by atoms with Gasteiger partial charge >= 0.3 is 0 Å². The van der Waals surface area contributed by atoms with E-state index >= 15 is 0 Å². The van der Waals surface area contributed by atoms with Gasteiger partial charge in [0.2, 0.25) is 0 Å². The van der Waals surface area contributed by atoms with Crippen LogP contribution >= 0.6 is 0 Å². The van der Waals surface area contributed by atoms with Gasteiger partial charge in [-0.25, -0.2) is 0 Å². The molecular formula is C17H28N2O2. The van der Waals surface area contributed by atoms with Crippen LogP contribution in [0, 0.1) is 0 Å². The smallest absolute Gasteiger partial charge is 0.257 e. The van der Waals surface area contributed by atoms with Crippen LogP contribution in [0.15, 0.2) is 24.3 Å². The van der Waals surface area contributed by atoms with Crippen molar-refractivity contribution in [2.24, 2.45) is 0 Å². The van der Waals surface area contributed by atoms with Crippen molar-refractivity contribution < 1.29 is 9.53 Å². The number of hydrogen-bond acceptors (Lipinski definition) is 3. The van der Waals surface area contributed by atoms with Gasteiger partial charge in [0, 0.05) is 25.3 Å². The van der Waals surface area contributed by atoms with Gasteiger partial charge in [-0.05, 0) is 18.6 Å². The number of benzene rings is 1. The first kappa shape index (κ1) is 17.3. The van der Waals surface area contributed by atoms with Gasteiger partial charge in [-0.15, -0.1) is 0 Å². The molecule has 1 rings (SSSR count). The van der Waals surface area contributed by atoms with Gasteiger partial charge in [-0.1, -0.05) is 45.1 Å². The number of unbranched alkanes of at least 4 members (excludes halogenated alkanes) is 5. The number of carbonyl (C=O) groups is 1. The van der Waals surface area contributed by atoms with Crippen LogP contribution in [0.2, 0.25) is 0 Å². The van der Waals surface area contributed by atoms with Gasteiger partial charge in [0.25, 0.3) is 5.91 Å². The van der Waals surface area contributed by atoms with Crippen molar-refractivity contribution in [2.75, 3.05) is 25.5 Å². The first-order chi connectivity index (χ1) is 10.3. The maximum atomic E-state index is 11.1. The summed E-state index contributed by atoms with van der Waals surface area (Å²) < 4.78 is 5.42. The minimum Gasteiger partial charge on any atom is -0.484 e. The molecule has 4 nitrogen and oxygen atoms in total. The van der Waals surface area contributed by atoms with Gasteiger partial charge < -0.3 is 15.4 Å². The quantitative estimate of drug-likeness (QED) is 0.613. The summed E-state index contributed by atoms with van der Waals surface area (Å²) in [5.41, 5.74) is 1.04. The molecule has 0 aliphatic rings. The largest absolute Gasteiger partial charge is 0.484 e. The Balaban J connectivity index is 2.21. The van der Waals surface area contributed by atoms with E-state index < -0.39 is 0 Å². The molecule has 0 aromatic heterocycles. The molecular weight excluding hydrogens is 264 g/mol. The Hall–Kier alpha value is -1.71. The van der Waals surface area contributed by atoms with Crippen LogP contribution in [-0.2, 0) is 4.79 Å². The van der Waals surface area contributed by atoms with Crippen LogP contribution < -0.4 is 15.4 Å². The molecule has 0 spiro atoms. The Morgan fingerprint density at radius 1 is 1.14 bits per heavy atom. The topological polar surface area (TPSA) is 50.4 Å². The van der Waals surface area contributed by atoms with E-state index in [0.29, 0.717) is 5.75 Å². The SMILES string of the molecule is CCCCCCCCNc1cccc(OCC(=O)NC)c1. The summed E-state index contributed by atoms with van der Waals surface area (Å²) in [7, 11) is 1.60. The second-order valence-electron chi connectivity index (χ2n) is 5.18. The third-order valence-electron chi connectivity index (χ3n) is 3.34. The number of ether oxygens (including phenoxy) is 1. The predicted octanol–water partition coefficient (Wildman–Crippen LogP) is 3.58. The number of likely N-dealkylation sites (N-methyl/N-ethyl adjacent to an activating group) is 1. The number of carbonyl (C=O) groups excluding carboxylic acids is 1. The van der Waals surface area contributed by atoms with Gasteiger partial charge in [-0.2, -0.15) is 0 Å². The summed E-state index contributed by atoms with van der Waals surface area (Å²) in [6, 6.07) is 7.74. The second-order valence-corrected chi connectivity index (χ2v) is 5.18. The Morgan fingerprint density at radius 3 is 2.67 bits per heavy atom. The lowest BCUT2D eigenvalue weighted by molar-refractivity contribution is -0.122. The molecule has 1 aromatic rings. The highest BCUT2D eigenvalue weighted by atomic mass is 16.5. The van der Waals surface area contributed by atoms with E-state index in [4.69, 9.17) is 4.74 Å². The average molecular weight is 292 g/mol. The Kier molecular flexibility index (Phi) is 9.09. The fraction of sp³-hybridized carbons (Fsp3) is 0.588. The number of nitrogens with one attached hydrogen (secondary N) is 2. The molecule has 1 aromatic carbocycles. The Labute approximate surface area is 128 Å². The molecule has 0 unspecified atom stereocenters. The zero-order chi connectivity index (χ0) is 15.3. The lowest BCUT2D eigenvalue weighted by Gasteiger charge is -2.09. The molecule has 0 heterocycles. The molecule has 0 aliphatic carbocycles. The third-order valence-corrected chi connectivity index (χ3v) is 3.34. The third kappa shape index (κ3) is 8.23. The second kappa shape index (κ2) is 11.0. The highest BCUT2D eigenvalue weighted by Gasteiger charge is 2.00. The maximum Gasteiger partial charge on any atom is 0.257 e. The van der Waals surface area contributed by atoms with E-state index in [2.05, 4.69) is 17.6 Å². The van der Waals surface area contributed by atoms with Crippen LogP contribution in [0.25, 0.3) is 0 Å². The summed E-state index contributed by atoms with van der Waals surface area (Å²) in [4.78, 5) is 11.1. The maximum absolute atomic E-state index is 11.1. The molecule has 4 heteroatoms. The van der Waals surface area contributed by atoms with E-state index in [0.717, 1.165) is 12.2 Å².